The zero-order valence-corrected chi connectivity index (χ0v) is 15.1. The third kappa shape index (κ3) is 2.92. The van der Waals surface area contributed by atoms with Gasteiger partial charge in [0.2, 0.25) is 0 Å². The highest BCUT2D eigenvalue weighted by atomic mass is 32.1. The summed E-state index contributed by atoms with van der Waals surface area (Å²) in [5, 5.41) is 2.38. The van der Waals surface area contributed by atoms with Crippen LogP contribution in [0.2, 0.25) is 0 Å². The van der Waals surface area contributed by atoms with Crippen molar-refractivity contribution < 1.29 is 13.2 Å². The van der Waals surface area contributed by atoms with Crippen LogP contribution in [-0.2, 0) is 6.18 Å². The molecule has 4 rings (SSSR count). The van der Waals surface area contributed by atoms with Crippen LogP contribution < -0.4 is 4.90 Å². The van der Waals surface area contributed by atoms with Crippen molar-refractivity contribution in [2.45, 2.75) is 13.1 Å². The molecule has 26 heavy (non-hydrogen) atoms. The third-order valence-electron chi connectivity index (χ3n) is 4.56. The van der Waals surface area contributed by atoms with E-state index in [0.29, 0.717) is 5.69 Å². The first-order valence-corrected chi connectivity index (χ1v) is 8.98. The Bertz CT molecular complexity index is 1110. The predicted octanol–water partition coefficient (Wildman–Crippen LogP) is 7.15. The molecule has 0 spiro atoms. The van der Waals surface area contributed by atoms with E-state index in [1.54, 1.807) is 29.4 Å². The Kier molecular flexibility index (Phi) is 3.92. The summed E-state index contributed by atoms with van der Waals surface area (Å²) in [7, 11) is 1.79. The Labute approximate surface area is 153 Å². The fourth-order valence-electron chi connectivity index (χ4n) is 3.12. The average molecular weight is 371 g/mol. The number of aryl methyl sites for hydroxylation is 1. The molecule has 1 heterocycles. The van der Waals surface area contributed by atoms with Crippen LogP contribution >= 0.6 is 11.3 Å². The van der Waals surface area contributed by atoms with Gasteiger partial charge in [-0.15, -0.1) is 11.3 Å². The summed E-state index contributed by atoms with van der Waals surface area (Å²) >= 11 is 1.70. The number of rotatable bonds is 2. The summed E-state index contributed by atoms with van der Waals surface area (Å²) < 4.78 is 41.3. The molecular formula is C21H16F3NS. The summed E-state index contributed by atoms with van der Waals surface area (Å²) in [6, 6.07) is 17.8. The highest BCUT2D eigenvalue weighted by Crippen LogP contribution is 2.38. The molecule has 5 heteroatoms. The number of nitrogens with zero attached hydrogens (tertiary/aromatic N) is 1. The van der Waals surface area contributed by atoms with Gasteiger partial charge in [0.1, 0.15) is 0 Å². The lowest BCUT2D eigenvalue weighted by atomic mass is 10.1. The normalized spacial score (nSPS) is 12.0. The van der Waals surface area contributed by atoms with Gasteiger partial charge in [-0.2, -0.15) is 13.2 Å². The molecule has 3 aromatic carbocycles. The SMILES string of the molecule is Cc1ccc2c(c1)sc1cc(N(C)c3cccc(C(F)(F)F)c3)ccc12. The van der Waals surface area contributed by atoms with Gasteiger partial charge >= 0.3 is 6.18 Å². The number of benzene rings is 3. The fraction of sp³-hybridized carbons (Fsp3) is 0.143. The van der Waals surface area contributed by atoms with Crippen LogP contribution in [0.15, 0.2) is 60.7 Å². The van der Waals surface area contributed by atoms with Gasteiger partial charge in [-0.05, 0) is 48.9 Å². The average Bonchev–Trinajstić information content (AvgIpc) is 2.96. The van der Waals surface area contributed by atoms with Crippen LogP contribution in [0, 0.1) is 6.92 Å². The van der Waals surface area contributed by atoms with E-state index in [1.807, 2.05) is 18.2 Å². The first-order valence-electron chi connectivity index (χ1n) is 8.17. The van der Waals surface area contributed by atoms with Gasteiger partial charge in [-0.1, -0.05) is 24.3 Å². The molecule has 0 fully saturated rings. The molecule has 0 amide bonds. The van der Waals surface area contributed by atoms with Gasteiger partial charge in [-0.25, -0.2) is 0 Å². The molecule has 1 nitrogen and oxygen atoms in total. The maximum atomic E-state index is 13.0. The minimum Gasteiger partial charge on any atom is -0.345 e. The fourth-order valence-corrected chi connectivity index (χ4v) is 4.36. The molecule has 4 aromatic rings. The van der Waals surface area contributed by atoms with E-state index in [-0.39, 0.29) is 0 Å². The van der Waals surface area contributed by atoms with E-state index >= 15 is 0 Å². The number of fused-ring (bicyclic) bond motifs is 3. The quantitative estimate of drug-likeness (QED) is 0.362. The largest absolute Gasteiger partial charge is 0.416 e. The molecule has 0 saturated carbocycles. The minimum absolute atomic E-state index is 0.510. The van der Waals surface area contributed by atoms with Crippen LogP contribution in [-0.4, -0.2) is 7.05 Å². The van der Waals surface area contributed by atoms with E-state index in [0.717, 1.165) is 16.5 Å². The van der Waals surface area contributed by atoms with Crippen molar-refractivity contribution in [2.24, 2.45) is 0 Å². The topological polar surface area (TPSA) is 3.24 Å². The smallest absolute Gasteiger partial charge is 0.345 e. The van der Waals surface area contributed by atoms with E-state index in [9.17, 15) is 13.2 Å². The standard InChI is InChI=1S/C21H16F3NS/c1-13-6-8-17-18-9-7-16(12-20(18)26-19(17)10-13)25(2)15-5-3-4-14(11-15)21(22,23)24/h3-12H,1-2H3. The van der Waals surface area contributed by atoms with Crippen LogP contribution in [0.3, 0.4) is 0 Å². The van der Waals surface area contributed by atoms with Crippen LogP contribution in [0.1, 0.15) is 11.1 Å². The Hall–Kier alpha value is -2.53. The van der Waals surface area contributed by atoms with Crippen molar-refractivity contribution in [2.75, 3.05) is 11.9 Å². The van der Waals surface area contributed by atoms with E-state index in [1.165, 1.54) is 33.2 Å². The molecule has 0 bridgehead atoms. The highest BCUT2D eigenvalue weighted by Gasteiger charge is 2.30. The maximum Gasteiger partial charge on any atom is 0.416 e. The van der Waals surface area contributed by atoms with Gasteiger partial charge in [-0.3, -0.25) is 0 Å². The van der Waals surface area contributed by atoms with Gasteiger partial charge in [0.25, 0.3) is 0 Å². The van der Waals surface area contributed by atoms with Crippen molar-refractivity contribution >= 4 is 42.9 Å². The summed E-state index contributed by atoms with van der Waals surface area (Å²) in [6.07, 6.45) is -4.34. The minimum atomic E-state index is -4.34. The van der Waals surface area contributed by atoms with Crippen molar-refractivity contribution in [1.29, 1.82) is 0 Å². The van der Waals surface area contributed by atoms with Crippen LogP contribution in [0.4, 0.5) is 24.5 Å². The second-order valence-electron chi connectivity index (χ2n) is 6.39. The first-order chi connectivity index (χ1) is 12.3. The Morgan fingerprint density at radius 2 is 1.46 bits per heavy atom. The number of hydrogen-bond donors (Lipinski definition) is 0. The van der Waals surface area contributed by atoms with Crippen molar-refractivity contribution in [3.8, 4) is 0 Å². The number of hydrogen-bond acceptors (Lipinski definition) is 2. The molecular weight excluding hydrogens is 355 g/mol. The van der Waals surface area contributed by atoms with Crippen molar-refractivity contribution in [1.82, 2.24) is 0 Å². The van der Waals surface area contributed by atoms with Crippen LogP contribution in [0.5, 0.6) is 0 Å². The molecule has 0 atom stereocenters. The van der Waals surface area contributed by atoms with Crippen molar-refractivity contribution in [3.63, 3.8) is 0 Å². The zero-order chi connectivity index (χ0) is 18.5. The molecule has 0 saturated heterocycles. The summed E-state index contributed by atoms with van der Waals surface area (Å²) in [4.78, 5) is 1.78. The molecule has 0 radical (unpaired) electrons. The van der Waals surface area contributed by atoms with Gasteiger partial charge in [0.05, 0.1) is 5.56 Å². The third-order valence-corrected chi connectivity index (χ3v) is 5.68. The lowest BCUT2D eigenvalue weighted by Gasteiger charge is -2.21. The Morgan fingerprint density at radius 3 is 2.19 bits per heavy atom. The monoisotopic (exact) mass is 371 g/mol. The molecule has 132 valence electrons. The Morgan fingerprint density at radius 1 is 0.808 bits per heavy atom. The highest BCUT2D eigenvalue weighted by molar-refractivity contribution is 7.25. The first kappa shape index (κ1) is 16.9. The van der Waals surface area contributed by atoms with Gasteiger partial charge in [0.15, 0.2) is 0 Å². The van der Waals surface area contributed by atoms with Crippen molar-refractivity contribution in [3.05, 3.63) is 71.8 Å². The lowest BCUT2D eigenvalue weighted by Crippen LogP contribution is -2.11. The molecule has 0 unspecified atom stereocenters. The summed E-state index contributed by atoms with van der Waals surface area (Å²) in [5.41, 5.74) is 1.95. The zero-order valence-electron chi connectivity index (χ0n) is 14.3. The lowest BCUT2D eigenvalue weighted by molar-refractivity contribution is -0.137. The number of thiophene rings is 1. The molecule has 0 N–H and O–H groups in total. The number of anilines is 2. The van der Waals surface area contributed by atoms with E-state index < -0.39 is 11.7 Å². The second kappa shape index (κ2) is 6.02. The summed E-state index contributed by atoms with van der Waals surface area (Å²) in [5.74, 6) is 0. The maximum absolute atomic E-state index is 13.0. The van der Waals surface area contributed by atoms with Crippen LogP contribution in [0.25, 0.3) is 20.2 Å². The van der Waals surface area contributed by atoms with Gasteiger partial charge in [0, 0.05) is 38.6 Å². The predicted molar refractivity (Wildman–Crippen MR) is 104 cm³/mol. The number of halogens is 3. The second-order valence-corrected chi connectivity index (χ2v) is 7.47. The summed E-state index contributed by atoms with van der Waals surface area (Å²) in [6.45, 7) is 2.07. The van der Waals surface area contributed by atoms with E-state index in [2.05, 4.69) is 25.1 Å². The molecule has 0 aliphatic rings. The molecule has 0 aliphatic carbocycles. The molecule has 1 aromatic heterocycles. The van der Waals surface area contributed by atoms with E-state index in [4.69, 9.17) is 0 Å². The number of alkyl halides is 3. The van der Waals surface area contributed by atoms with Gasteiger partial charge < -0.3 is 4.90 Å². The Balaban J connectivity index is 1.78. The molecule has 0 aliphatic heterocycles.